The van der Waals surface area contributed by atoms with E-state index < -0.39 is 18.6 Å². The predicted molar refractivity (Wildman–Crippen MR) is 61.5 cm³/mol. The van der Waals surface area contributed by atoms with Gasteiger partial charge < -0.3 is 5.32 Å². The van der Waals surface area contributed by atoms with E-state index in [0.29, 0.717) is 5.56 Å². The molecule has 0 radical (unpaired) electrons. The van der Waals surface area contributed by atoms with Gasteiger partial charge in [-0.25, -0.2) is 0 Å². The zero-order valence-electron chi connectivity index (χ0n) is 9.81. The van der Waals surface area contributed by atoms with Crippen LogP contribution in [0.3, 0.4) is 0 Å². The summed E-state index contributed by atoms with van der Waals surface area (Å²) in [5, 5.41) is 1.88. The van der Waals surface area contributed by atoms with Crippen LogP contribution < -0.4 is 5.32 Å². The van der Waals surface area contributed by atoms with Gasteiger partial charge in [0.1, 0.15) is 6.54 Å². The maximum Gasteiger partial charge on any atom is 0.405 e. The van der Waals surface area contributed by atoms with E-state index in [0.717, 1.165) is 31.2 Å². The molecule has 0 saturated heterocycles. The zero-order chi connectivity index (χ0) is 13.2. The first-order chi connectivity index (χ1) is 8.46. The molecule has 1 aromatic rings. The van der Waals surface area contributed by atoms with Crippen LogP contribution in [0.15, 0.2) is 18.2 Å². The summed E-state index contributed by atoms with van der Waals surface area (Å²) in [6, 6.07) is 5.15. The van der Waals surface area contributed by atoms with E-state index in [1.807, 2.05) is 11.4 Å². The van der Waals surface area contributed by atoms with Crippen molar-refractivity contribution in [2.75, 3.05) is 6.54 Å². The third-order valence-corrected chi connectivity index (χ3v) is 3.06. The van der Waals surface area contributed by atoms with Gasteiger partial charge in [-0.2, -0.15) is 13.2 Å². The highest BCUT2D eigenvalue weighted by Gasteiger charge is 2.28. The first kappa shape index (κ1) is 12.9. The third kappa shape index (κ3) is 3.24. The fraction of sp³-hybridized carbons (Fsp3) is 0.462. The van der Waals surface area contributed by atoms with E-state index in [-0.39, 0.29) is 0 Å². The zero-order valence-corrected chi connectivity index (χ0v) is 9.81. The molecule has 0 saturated carbocycles. The molecule has 0 unspecified atom stereocenters. The second kappa shape index (κ2) is 5.00. The van der Waals surface area contributed by atoms with Crippen LogP contribution >= 0.6 is 0 Å². The lowest BCUT2D eigenvalue weighted by Gasteiger charge is -2.16. The van der Waals surface area contributed by atoms with E-state index in [9.17, 15) is 18.0 Å². The largest absolute Gasteiger partial charge is 0.405 e. The minimum absolute atomic E-state index is 0.305. The first-order valence-electron chi connectivity index (χ1n) is 5.92. The fourth-order valence-corrected chi connectivity index (χ4v) is 2.16. The normalized spacial score (nSPS) is 15.1. The molecule has 2 rings (SSSR count). The van der Waals surface area contributed by atoms with E-state index >= 15 is 0 Å². The molecular weight excluding hydrogens is 243 g/mol. The topological polar surface area (TPSA) is 29.1 Å². The molecule has 0 fully saturated rings. The summed E-state index contributed by atoms with van der Waals surface area (Å²) in [6.07, 6.45) is -0.285. The number of halogens is 3. The maximum atomic E-state index is 12.0. The smallest absolute Gasteiger partial charge is 0.343 e. The molecule has 1 N–H and O–H groups in total. The van der Waals surface area contributed by atoms with Gasteiger partial charge in [0.05, 0.1) is 0 Å². The van der Waals surface area contributed by atoms with Gasteiger partial charge in [0, 0.05) is 5.56 Å². The Labute approximate surface area is 103 Å². The van der Waals surface area contributed by atoms with Crippen LogP contribution in [0.5, 0.6) is 0 Å². The van der Waals surface area contributed by atoms with Gasteiger partial charge in [-0.05, 0) is 48.9 Å². The highest BCUT2D eigenvalue weighted by Crippen LogP contribution is 2.22. The van der Waals surface area contributed by atoms with Crippen LogP contribution in [0.25, 0.3) is 0 Å². The quantitative estimate of drug-likeness (QED) is 0.867. The van der Waals surface area contributed by atoms with Gasteiger partial charge >= 0.3 is 6.18 Å². The minimum atomic E-state index is -4.37. The van der Waals surface area contributed by atoms with Crippen molar-refractivity contribution >= 4 is 5.91 Å². The number of hydrogen-bond donors (Lipinski definition) is 1. The molecule has 0 atom stereocenters. The molecule has 1 aliphatic rings. The molecule has 18 heavy (non-hydrogen) atoms. The second-order valence-corrected chi connectivity index (χ2v) is 4.49. The summed E-state index contributed by atoms with van der Waals surface area (Å²) in [5.74, 6) is -0.666. The number of carbonyl (C=O) groups excluding carboxylic acids is 1. The SMILES string of the molecule is O=C(NCC(F)(F)F)c1ccc2c(c1)CCCC2. The number of alkyl halides is 3. The molecule has 1 amide bonds. The van der Waals surface area contributed by atoms with Crippen molar-refractivity contribution in [1.29, 1.82) is 0 Å². The molecule has 5 heteroatoms. The van der Waals surface area contributed by atoms with Crippen molar-refractivity contribution in [2.24, 2.45) is 0 Å². The van der Waals surface area contributed by atoms with Crippen molar-refractivity contribution in [3.8, 4) is 0 Å². The molecule has 0 bridgehead atoms. The van der Waals surface area contributed by atoms with Gasteiger partial charge in [-0.15, -0.1) is 0 Å². The molecule has 2 nitrogen and oxygen atoms in total. The highest BCUT2D eigenvalue weighted by atomic mass is 19.4. The Bertz CT molecular complexity index is 454. The lowest BCUT2D eigenvalue weighted by atomic mass is 9.90. The molecule has 0 heterocycles. The van der Waals surface area contributed by atoms with Crippen LogP contribution in [0, 0.1) is 0 Å². The Hall–Kier alpha value is -1.52. The molecule has 1 aromatic carbocycles. The van der Waals surface area contributed by atoms with Gasteiger partial charge in [0.25, 0.3) is 5.91 Å². The van der Waals surface area contributed by atoms with E-state index in [2.05, 4.69) is 0 Å². The lowest BCUT2D eigenvalue weighted by molar-refractivity contribution is -0.123. The third-order valence-electron chi connectivity index (χ3n) is 3.06. The first-order valence-corrected chi connectivity index (χ1v) is 5.92. The van der Waals surface area contributed by atoms with Crippen LogP contribution in [0.4, 0.5) is 13.2 Å². The summed E-state index contributed by atoms with van der Waals surface area (Å²) in [5.41, 5.74) is 2.59. The number of benzene rings is 1. The monoisotopic (exact) mass is 257 g/mol. The van der Waals surface area contributed by atoms with Crippen LogP contribution in [0.1, 0.15) is 34.3 Å². The van der Waals surface area contributed by atoms with Crippen molar-refractivity contribution in [2.45, 2.75) is 31.9 Å². The van der Waals surface area contributed by atoms with Gasteiger partial charge in [0.2, 0.25) is 0 Å². The molecule has 0 aliphatic heterocycles. The average molecular weight is 257 g/mol. The summed E-state index contributed by atoms with van der Waals surface area (Å²) < 4.78 is 36.0. The standard InChI is InChI=1S/C13H14F3NO/c14-13(15,16)8-17-12(18)11-6-5-9-3-1-2-4-10(9)7-11/h5-7H,1-4,8H2,(H,17,18). The van der Waals surface area contributed by atoms with Crippen LogP contribution in [0.2, 0.25) is 0 Å². The number of rotatable bonds is 2. The number of aryl methyl sites for hydroxylation is 2. The van der Waals surface area contributed by atoms with Crippen molar-refractivity contribution in [1.82, 2.24) is 5.32 Å². The highest BCUT2D eigenvalue weighted by molar-refractivity contribution is 5.94. The number of hydrogen-bond acceptors (Lipinski definition) is 1. The van der Waals surface area contributed by atoms with Crippen molar-refractivity contribution in [3.05, 3.63) is 34.9 Å². The lowest BCUT2D eigenvalue weighted by Crippen LogP contribution is -2.33. The summed E-state index contributed by atoms with van der Waals surface area (Å²) in [7, 11) is 0. The van der Waals surface area contributed by atoms with Gasteiger partial charge in [-0.3, -0.25) is 4.79 Å². The van der Waals surface area contributed by atoms with E-state index in [1.54, 1.807) is 12.1 Å². The maximum absolute atomic E-state index is 12.0. The summed E-state index contributed by atoms with van der Waals surface area (Å²) >= 11 is 0. The summed E-state index contributed by atoms with van der Waals surface area (Å²) in [4.78, 5) is 11.6. The molecule has 98 valence electrons. The van der Waals surface area contributed by atoms with E-state index in [1.165, 1.54) is 5.56 Å². The van der Waals surface area contributed by atoms with Crippen molar-refractivity contribution in [3.63, 3.8) is 0 Å². The Morgan fingerprint density at radius 1 is 1.17 bits per heavy atom. The molecule has 1 aliphatic carbocycles. The van der Waals surface area contributed by atoms with Gasteiger partial charge in [0.15, 0.2) is 0 Å². The summed E-state index contributed by atoms with van der Waals surface area (Å²) in [6.45, 7) is -1.29. The van der Waals surface area contributed by atoms with Crippen molar-refractivity contribution < 1.29 is 18.0 Å². The molecular formula is C13H14F3NO. The van der Waals surface area contributed by atoms with Crippen LogP contribution in [-0.2, 0) is 12.8 Å². The number of amides is 1. The molecule has 0 spiro atoms. The average Bonchev–Trinajstić information content (AvgIpc) is 2.34. The Kier molecular flexibility index (Phi) is 3.59. The Balaban J connectivity index is 2.07. The minimum Gasteiger partial charge on any atom is -0.343 e. The van der Waals surface area contributed by atoms with Crippen LogP contribution in [-0.4, -0.2) is 18.6 Å². The Morgan fingerprint density at radius 2 is 1.83 bits per heavy atom. The fourth-order valence-electron chi connectivity index (χ4n) is 2.16. The second-order valence-electron chi connectivity index (χ2n) is 4.49. The Morgan fingerprint density at radius 3 is 2.50 bits per heavy atom. The van der Waals surface area contributed by atoms with E-state index in [4.69, 9.17) is 0 Å². The number of fused-ring (bicyclic) bond motifs is 1. The predicted octanol–water partition coefficient (Wildman–Crippen LogP) is 2.86. The number of carbonyl (C=O) groups is 1. The number of nitrogens with one attached hydrogen (secondary N) is 1. The van der Waals surface area contributed by atoms with Gasteiger partial charge in [-0.1, -0.05) is 6.07 Å². The molecule has 0 aromatic heterocycles.